The maximum atomic E-state index is 13.6. The molecule has 1 atom stereocenters. The van der Waals surface area contributed by atoms with Crippen molar-refractivity contribution in [1.82, 2.24) is 4.90 Å². The summed E-state index contributed by atoms with van der Waals surface area (Å²) in [7, 11) is 0. The molecule has 2 aromatic carbocycles. The topological polar surface area (TPSA) is 49.4 Å². The highest BCUT2D eigenvalue weighted by atomic mass is 19.1. The zero-order valence-electron chi connectivity index (χ0n) is 16.2. The summed E-state index contributed by atoms with van der Waals surface area (Å²) in [5.74, 6) is -0.694. The van der Waals surface area contributed by atoms with Crippen LogP contribution in [0.2, 0.25) is 0 Å². The summed E-state index contributed by atoms with van der Waals surface area (Å²) < 4.78 is 13.6. The Hall–Kier alpha value is -2.95. The molecule has 1 N–H and O–H groups in total. The molecule has 3 rings (SSSR count). The third kappa shape index (κ3) is 4.66. The van der Waals surface area contributed by atoms with Crippen LogP contribution in [-0.4, -0.2) is 29.3 Å². The molecule has 1 unspecified atom stereocenters. The van der Waals surface area contributed by atoms with Crippen molar-refractivity contribution in [1.29, 1.82) is 0 Å². The van der Waals surface area contributed by atoms with Crippen molar-refractivity contribution < 1.29 is 14.0 Å². The second kappa shape index (κ2) is 8.83. The molecular formula is C23H25FN2O2. The Labute approximate surface area is 165 Å². The van der Waals surface area contributed by atoms with Crippen LogP contribution in [0.25, 0.3) is 6.08 Å². The van der Waals surface area contributed by atoms with Gasteiger partial charge in [0.05, 0.1) is 0 Å². The highest BCUT2D eigenvalue weighted by Gasteiger charge is 2.24. The molecule has 1 aliphatic rings. The molecule has 0 aliphatic carbocycles. The van der Waals surface area contributed by atoms with E-state index in [1.807, 2.05) is 11.8 Å². The zero-order valence-corrected chi connectivity index (χ0v) is 16.2. The third-order valence-corrected chi connectivity index (χ3v) is 5.11. The monoisotopic (exact) mass is 380 g/mol. The van der Waals surface area contributed by atoms with Crippen LogP contribution in [0.5, 0.6) is 0 Å². The number of nitrogens with one attached hydrogen (secondary N) is 1. The van der Waals surface area contributed by atoms with Gasteiger partial charge in [0.15, 0.2) is 0 Å². The number of carbonyl (C=O) groups is 2. The van der Waals surface area contributed by atoms with Crippen LogP contribution in [0.15, 0.2) is 48.5 Å². The summed E-state index contributed by atoms with van der Waals surface area (Å²) in [5, 5.41) is 2.78. The van der Waals surface area contributed by atoms with Gasteiger partial charge in [-0.3, -0.25) is 9.59 Å². The molecule has 4 nitrogen and oxygen atoms in total. The van der Waals surface area contributed by atoms with Crippen molar-refractivity contribution >= 4 is 23.6 Å². The van der Waals surface area contributed by atoms with Crippen LogP contribution in [-0.2, 0) is 4.79 Å². The molecule has 1 aliphatic heterocycles. The predicted molar refractivity (Wildman–Crippen MR) is 110 cm³/mol. The number of hydrogen-bond donors (Lipinski definition) is 1. The van der Waals surface area contributed by atoms with Gasteiger partial charge in [-0.15, -0.1) is 0 Å². The number of carbonyl (C=O) groups excluding carboxylic acids is 2. The minimum atomic E-state index is -0.377. The van der Waals surface area contributed by atoms with Gasteiger partial charge in [0.2, 0.25) is 5.91 Å². The molecule has 5 heteroatoms. The number of nitrogens with zero attached hydrogens (tertiary/aromatic N) is 1. The molecule has 0 spiro atoms. The van der Waals surface area contributed by atoms with Crippen LogP contribution in [0, 0.1) is 12.7 Å². The van der Waals surface area contributed by atoms with Crippen molar-refractivity contribution in [3.8, 4) is 0 Å². The highest BCUT2D eigenvalue weighted by molar-refractivity contribution is 6.03. The van der Waals surface area contributed by atoms with Crippen LogP contribution >= 0.6 is 0 Å². The number of benzene rings is 2. The minimum absolute atomic E-state index is 0.0348. The first-order chi connectivity index (χ1) is 13.5. The van der Waals surface area contributed by atoms with Gasteiger partial charge in [-0.2, -0.15) is 0 Å². The maximum absolute atomic E-state index is 13.6. The Morgan fingerprint density at radius 1 is 1.18 bits per heavy atom. The second-order valence-corrected chi connectivity index (χ2v) is 7.22. The Balaban J connectivity index is 1.68. The van der Waals surface area contributed by atoms with Gasteiger partial charge in [0, 0.05) is 35.5 Å². The van der Waals surface area contributed by atoms with Crippen molar-refractivity contribution in [2.75, 3.05) is 11.9 Å². The normalized spacial score (nSPS) is 17.0. The number of aryl methyl sites for hydroxylation is 1. The number of halogens is 1. The average Bonchev–Trinajstić information content (AvgIpc) is 2.69. The van der Waals surface area contributed by atoms with Crippen molar-refractivity contribution in [3.63, 3.8) is 0 Å². The summed E-state index contributed by atoms with van der Waals surface area (Å²) in [4.78, 5) is 26.9. The number of piperidine rings is 1. The van der Waals surface area contributed by atoms with Gasteiger partial charge in [0.25, 0.3) is 5.91 Å². The van der Waals surface area contributed by atoms with Crippen molar-refractivity contribution in [3.05, 3.63) is 71.0 Å². The molecule has 146 valence electrons. The van der Waals surface area contributed by atoms with E-state index in [9.17, 15) is 14.0 Å². The first kappa shape index (κ1) is 19.8. The fourth-order valence-electron chi connectivity index (χ4n) is 3.45. The lowest BCUT2D eigenvalue weighted by atomic mass is 10.0. The smallest absolute Gasteiger partial charge is 0.254 e. The van der Waals surface area contributed by atoms with E-state index in [0.717, 1.165) is 31.4 Å². The Morgan fingerprint density at radius 3 is 2.68 bits per heavy atom. The van der Waals surface area contributed by atoms with Gasteiger partial charge in [-0.05, 0) is 69.0 Å². The van der Waals surface area contributed by atoms with Gasteiger partial charge < -0.3 is 10.2 Å². The summed E-state index contributed by atoms with van der Waals surface area (Å²) in [6, 6.07) is 11.8. The zero-order chi connectivity index (χ0) is 20.1. The lowest BCUT2D eigenvalue weighted by Gasteiger charge is -2.33. The Bertz CT molecular complexity index is 907. The predicted octanol–water partition coefficient (Wildman–Crippen LogP) is 4.80. The van der Waals surface area contributed by atoms with Gasteiger partial charge in [-0.25, -0.2) is 4.39 Å². The molecule has 2 amide bonds. The van der Waals surface area contributed by atoms with Crippen LogP contribution in [0.1, 0.15) is 47.7 Å². The fourth-order valence-corrected chi connectivity index (χ4v) is 3.45. The van der Waals surface area contributed by atoms with E-state index in [1.54, 1.807) is 36.4 Å². The first-order valence-electron chi connectivity index (χ1n) is 9.61. The Morgan fingerprint density at radius 2 is 1.96 bits per heavy atom. The molecule has 1 saturated heterocycles. The molecule has 0 aromatic heterocycles. The molecule has 0 radical (unpaired) electrons. The molecule has 1 heterocycles. The molecule has 28 heavy (non-hydrogen) atoms. The maximum Gasteiger partial charge on any atom is 0.254 e. The van der Waals surface area contributed by atoms with Gasteiger partial charge >= 0.3 is 0 Å². The van der Waals surface area contributed by atoms with Crippen LogP contribution in [0.3, 0.4) is 0 Å². The second-order valence-electron chi connectivity index (χ2n) is 7.22. The van der Waals surface area contributed by atoms with E-state index >= 15 is 0 Å². The van der Waals surface area contributed by atoms with Crippen molar-refractivity contribution in [2.45, 2.75) is 39.2 Å². The lowest BCUT2D eigenvalue weighted by molar-refractivity contribution is -0.111. The number of hydrogen-bond acceptors (Lipinski definition) is 2. The minimum Gasteiger partial charge on any atom is -0.336 e. The lowest BCUT2D eigenvalue weighted by Crippen LogP contribution is -2.42. The molecule has 0 saturated carbocycles. The van der Waals surface area contributed by atoms with Gasteiger partial charge in [-0.1, -0.05) is 18.2 Å². The Kier molecular flexibility index (Phi) is 6.24. The largest absolute Gasteiger partial charge is 0.336 e. The SMILES string of the molecule is Cc1cc(C(=O)N2CCCCC2C)ccc1NC(=O)/C=C/c1ccccc1F. The van der Waals surface area contributed by atoms with E-state index in [4.69, 9.17) is 0 Å². The quantitative estimate of drug-likeness (QED) is 0.775. The summed E-state index contributed by atoms with van der Waals surface area (Å²) in [5.41, 5.74) is 2.42. The molecule has 1 fully saturated rings. The van der Waals surface area contributed by atoms with E-state index in [-0.39, 0.29) is 23.7 Å². The van der Waals surface area contributed by atoms with E-state index in [2.05, 4.69) is 12.2 Å². The molecular weight excluding hydrogens is 355 g/mol. The summed E-state index contributed by atoms with van der Waals surface area (Å²) in [6.07, 6.45) is 5.97. The van der Waals surface area contributed by atoms with E-state index in [1.165, 1.54) is 18.2 Å². The number of rotatable bonds is 4. The highest BCUT2D eigenvalue weighted by Crippen LogP contribution is 2.22. The number of amides is 2. The summed E-state index contributed by atoms with van der Waals surface area (Å²) in [6.45, 7) is 4.73. The first-order valence-corrected chi connectivity index (χ1v) is 9.61. The van der Waals surface area contributed by atoms with Crippen LogP contribution < -0.4 is 5.32 Å². The van der Waals surface area contributed by atoms with Gasteiger partial charge in [0.1, 0.15) is 5.82 Å². The van der Waals surface area contributed by atoms with E-state index in [0.29, 0.717) is 16.8 Å². The molecule has 2 aromatic rings. The third-order valence-electron chi connectivity index (χ3n) is 5.11. The molecule has 0 bridgehead atoms. The number of likely N-dealkylation sites (tertiary alicyclic amines) is 1. The van der Waals surface area contributed by atoms with E-state index < -0.39 is 0 Å². The number of anilines is 1. The fraction of sp³-hybridized carbons (Fsp3) is 0.304. The van der Waals surface area contributed by atoms with Crippen molar-refractivity contribution in [2.24, 2.45) is 0 Å². The average molecular weight is 380 g/mol. The summed E-state index contributed by atoms with van der Waals surface area (Å²) >= 11 is 0. The van der Waals surface area contributed by atoms with Crippen LogP contribution in [0.4, 0.5) is 10.1 Å². The standard InChI is InChI=1S/C23H25FN2O2/c1-16-15-19(23(28)26-14-6-5-7-17(26)2)10-12-21(16)25-22(27)13-11-18-8-3-4-9-20(18)24/h3-4,8-13,15,17H,5-7,14H2,1-2H3,(H,25,27)/b13-11+.